The molecule has 1 aromatic carbocycles. The second-order valence-corrected chi connectivity index (χ2v) is 4.65. The van der Waals surface area contributed by atoms with Crippen molar-refractivity contribution in [3.63, 3.8) is 0 Å². The summed E-state index contributed by atoms with van der Waals surface area (Å²) in [5, 5.41) is 2.96. The monoisotopic (exact) mass is 296 g/mol. The lowest BCUT2D eigenvalue weighted by Crippen LogP contribution is -2.26. The number of nitrogen functional groups attached to an aromatic ring is 1. The lowest BCUT2D eigenvalue weighted by atomic mass is 10.1. The number of benzene rings is 1. The molecule has 0 bridgehead atoms. The fourth-order valence-corrected chi connectivity index (χ4v) is 2.18. The summed E-state index contributed by atoms with van der Waals surface area (Å²) in [5.41, 5.74) is 6.32. The lowest BCUT2D eigenvalue weighted by Gasteiger charge is -2.27. The van der Waals surface area contributed by atoms with E-state index >= 15 is 0 Å². The molecule has 2 heterocycles. The molecule has 1 aliphatic heterocycles. The normalized spacial score (nSPS) is 16.9. The first-order valence-corrected chi connectivity index (χ1v) is 6.13. The molecule has 0 saturated carbocycles. The third-order valence-electron chi connectivity index (χ3n) is 3.17. The molecule has 0 amide bonds. The predicted octanol–water partition coefficient (Wildman–Crippen LogP) is 2.33. The zero-order chi connectivity index (χ0) is 15.1. The van der Waals surface area contributed by atoms with E-state index in [0.29, 0.717) is 17.3 Å². The number of halogens is 3. The van der Waals surface area contributed by atoms with Gasteiger partial charge in [0.25, 0.3) is 0 Å². The van der Waals surface area contributed by atoms with Crippen molar-refractivity contribution in [1.29, 1.82) is 0 Å². The smallest absolute Gasteiger partial charge is 0.222 e. The van der Waals surface area contributed by atoms with Crippen molar-refractivity contribution in [2.24, 2.45) is 0 Å². The molecule has 1 aromatic heterocycles. The van der Waals surface area contributed by atoms with E-state index in [2.05, 4.69) is 15.3 Å². The summed E-state index contributed by atoms with van der Waals surface area (Å²) >= 11 is 0. The van der Waals surface area contributed by atoms with Crippen LogP contribution in [0.15, 0.2) is 12.1 Å². The van der Waals surface area contributed by atoms with Crippen LogP contribution in [0.1, 0.15) is 17.3 Å². The van der Waals surface area contributed by atoms with Gasteiger partial charge >= 0.3 is 0 Å². The van der Waals surface area contributed by atoms with Crippen LogP contribution in [0.3, 0.4) is 0 Å². The van der Waals surface area contributed by atoms with Crippen LogP contribution in [0.5, 0.6) is 5.75 Å². The molecule has 2 aromatic rings. The zero-order valence-electron chi connectivity index (χ0n) is 11.0. The third kappa shape index (κ3) is 2.32. The maximum absolute atomic E-state index is 13.3. The van der Waals surface area contributed by atoms with Crippen LogP contribution in [-0.4, -0.2) is 16.6 Å². The molecule has 110 valence electrons. The predicted molar refractivity (Wildman–Crippen MR) is 69.4 cm³/mol. The topological polar surface area (TPSA) is 73.1 Å². The Morgan fingerprint density at radius 3 is 2.57 bits per heavy atom. The number of fused-ring (bicyclic) bond motifs is 1. The van der Waals surface area contributed by atoms with Crippen molar-refractivity contribution >= 4 is 11.8 Å². The fourth-order valence-electron chi connectivity index (χ4n) is 2.18. The van der Waals surface area contributed by atoms with E-state index in [1.54, 1.807) is 6.92 Å². The van der Waals surface area contributed by atoms with E-state index in [1.807, 2.05) is 0 Å². The van der Waals surface area contributed by atoms with Crippen LogP contribution < -0.4 is 15.8 Å². The number of rotatable bonds is 1. The number of nitrogens with two attached hydrogens (primary N) is 1. The highest BCUT2D eigenvalue weighted by molar-refractivity contribution is 5.57. The number of nitrogens with one attached hydrogen (secondary N) is 1. The molecule has 1 aliphatic rings. The van der Waals surface area contributed by atoms with Gasteiger partial charge in [0.1, 0.15) is 6.61 Å². The molecule has 0 fully saturated rings. The first-order chi connectivity index (χ1) is 9.95. The van der Waals surface area contributed by atoms with Gasteiger partial charge in [-0.3, -0.25) is 0 Å². The Hall–Kier alpha value is -2.51. The minimum absolute atomic E-state index is 0.0551. The largest absolute Gasteiger partial charge is 0.485 e. The summed E-state index contributed by atoms with van der Waals surface area (Å²) in [6.07, 6.45) is 0. The fraction of sp³-hybridized carbons (Fsp3) is 0.231. The van der Waals surface area contributed by atoms with Gasteiger partial charge in [-0.1, -0.05) is 0 Å². The van der Waals surface area contributed by atoms with Crippen LogP contribution in [0.25, 0.3) is 0 Å². The van der Waals surface area contributed by atoms with E-state index in [1.165, 1.54) is 0 Å². The van der Waals surface area contributed by atoms with Crippen molar-refractivity contribution in [3.05, 3.63) is 40.8 Å². The number of ether oxygens (including phenoxy) is 1. The average Bonchev–Trinajstić information content (AvgIpc) is 2.43. The molecule has 0 saturated heterocycles. The van der Waals surface area contributed by atoms with E-state index in [-0.39, 0.29) is 18.1 Å². The van der Waals surface area contributed by atoms with Crippen LogP contribution in [0, 0.1) is 24.4 Å². The molecular formula is C13H11F3N4O. The summed E-state index contributed by atoms with van der Waals surface area (Å²) in [5.74, 6) is -3.19. The zero-order valence-corrected chi connectivity index (χ0v) is 11.0. The van der Waals surface area contributed by atoms with Gasteiger partial charge in [-0.05, 0) is 24.6 Å². The number of nitrogens with zero attached hydrogens (tertiary/aromatic N) is 2. The van der Waals surface area contributed by atoms with E-state index in [9.17, 15) is 13.2 Å². The van der Waals surface area contributed by atoms with Gasteiger partial charge in [-0.2, -0.15) is 4.98 Å². The van der Waals surface area contributed by atoms with Crippen LogP contribution >= 0.6 is 0 Å². The third-order valence-corrected chi connectivity index (χ3v) is 3.17. The summed E-state index contributed by atoms with van der Waals surface area (Å²) < 4.78 is 45.1. The van der Waals surface area contributed by atoms with E-state index in [4.69, 9.17) is 10.5 Å². The second kappa shape index (κ2) is 4.80. The summed E-state index contributed by atoms with van der Waals surface area (Å²) in [4.78, 5) is 7.94. The van der Waals surface area contributed by atoms with Gasteiger partial charge < -0.3 is 15.8 Å². The first-order valence-electron chi connectivity index (χ1n) is 6.13. The van der Waals surface area contributed by atoms with Gasteiger partial charge in [-0.25, -0.2) is 18.2 Å². The standard InChI is InChI=1S/C13H11F3N4O/c1-5-11-12(20-13(17)18-5)19-9(4-21-11)6-2-7(14)10(16)8(15)3-6/h2-3,9H,4H2,1H3,(H3,17,18,19,20). The molecule has 1 atom stereocenters. The molecule has 3 N–H and O–H groups in total. The maximum Gasteiger partial charge on any atom is 0.222 e. The second-order valence-electron chi connectivity index (χ2n) is 4.65. The van der Waals surface area contributed by atoms with Crippen molar-refractivity contribution < 1.29 is 17.9 Å². The minimum Gasteiger partial charge on any atom is -0.485 e. The highest BCUT2D eigenvalue weighted by Gasteiger charge is 2.25. The quantitative estimate of drug-likeness (QED) is 0.790. The summed E-state index contributed by atoms with van der Waals surface area (Å²) in [6, 6.07) is 1.26. The molecule has 8 heteroatoms. The Morgan fingerprint density at radius 1 is 1.24 bits per heavy atom. The molecule has 5 nitrogen and oxygen atoms in total. The van der Waals surface area contributed by atoms with Crippen molar-refractivity contribution in [2.45, 2.75) is 13.0 Å². The number of hydrogen-bond donors (Lipinski definition) is 2. The molecule has 21 heavy (non-hydrogen) atoms. The van der Waals surface area contributed by atoms with Gasteiger partial charge in [0.2, 0.25) is 5.95 Å². The van der Waals surface area contributed by atoms with Gasteiger partial charge in [-0.15, -0.1) is 0 Å². The Bertz CT molecular complexity index is 700. The van der Waals surface area contributed by atoms with Gasteiger partial charge in [0.15, 0.2) is 29.0 Å². The van der Waals surface area contributed by atoms with Crippen molar-refractivity contribution in [3.8, 4) is 5.75 Å². The highest BCUT2D eigenvalue weighted by atomic mass is 19.2. The molecule has 3 rings (SSSR count). The average molecular weight is 296 g/mol. The highest BCUT2D eigenvalue weighted by Crippen LogP contribution is 2.35. The Morgan fingerprint density at radius 2 is 1.90 bits per heavy atom. The Balaban J connectivity index is 1.96. The number of anilines is 2. The first kappa shape index (κ1) is 13.5. The minimum atomic E-state index is -1.50. The Kier molecular flexibility index (Phi) is 3.08. The maximum atomic E-state index is 13.3. The summed E-state index contributed by atoms with van der Waals surface area (Å²) in [7, 11) is 0. The number of hydrogen-bond acceptors (Lipinski definition) is 5. The van der Waals surface area contributed by atoms with Crippen molar-refractivity contribution in [2.75, 3.05) is 17.7 Å². The molecular weight excluding hydrogens is 285 g/mol. The van der Waals surface area contributed by atoms with Crippen LogP contribution in [0.4, 0.5) is 24.9 Å². The Labute approximate surface area is 118 Å². The lowest BCUT2D eigenvalue weighted by molar-refractivity contribution is 0.280. The van der Waals surface area contributed by atoms with Crippen LogP contribution in [-0.2, 0) is 0 Å². The molecule has 0 radical (unpaired) electrons. The molecule has 0 spiro atoms. The number of aryl methyl sites for hydroxylation is 1. The summed E-state index contributed by atoms with van der Waals surface area (Å²) in [6.45, 7) is 1.81. The SMILES string of the molecule is Cc1nc(N)nc2c1OCC(c1cc(F)c(F)c(F)c1)N2. The molecule has 1 unspecified atom stereocenters. The van der Waals surface area contributed by atoms with Gasteiger partial charge in [0, 0.05) is 0 Å². The number of aromatic nitrogens is 2. The molecule has 0 aliphatic carbocycles. The van der Waals surface area contributed by atoms with E-state index < -0.39 is 23.5 Å². The van der Waals surface area contributed by atoms with E-state index in [0.717, 1.165) is 12.1 Å². The van der Waals surface area contributed by atoms with Crippen LogP contribution in [0.2, 0.25) is 0 Å². The van der Waals surface area contributed by atoms with Crippen molar-refractivity contribution in [1.82, 2.24) is 9.97 Å². The van der Waals surface area contributed by atoms with Gasteiger partial charge in [0.05, 0.1) is 11.7 Å².